The van der Waals surface area contributed by atoms with Crippen molar-refractivity contribution in [1.29, 1.82) is 0 Å². The molecule has 0 heterocycles. The number of carbonyl (C=O) groups excluding carboxylic acids is 1. The number of nitrogens with one attached hydrogen (secondary N) is 1. The molecule has 21 heavy (non-hydrogen) atoms. The zero-order valence-electron chi connectivity index (χ0n) is 11.3. The van der Waals surface area contributed by atoms with Crippen LogP contribution >= 0.6 is 31.9 Å². The second-order valence-electron chi connectivity index (χ2n) is 4.19. The highest BCUT2D eigenvalue weighted by molar-refractivity contribution is 9.11. The van der Waals surface area contributed by atoms with E-state index in [1.54, 1.807) is 13.2 Å². The predicted octanol–water partition coefficient (Wildman–Crippen LogP) is 4.87. The van der Waals surface area contributed by atoms with Gasteiger partial charge < -0.3 is 10.1 Å². The van der Waals surface area contributed by atoms with Crippen molar-refractivity contribution in [2.45, 2.75) is 0 Å². The number of halogens is 2. The van der Waals surface area contributed by atoms with E-state index in [0.29, 0.717) is 5.69 Å². The Labute approximate surface area is 140 Å². The summed E-state index contributed by atoms with van der Waals surface area (Å²) in [6, 6.07) is 13.1. The Morgan fingerprint density at radius 3 is 2.67 bits per heavy atom. The van der Waals surface area contributed by atoms with E-state index in [0.717, 1.165) is 20.3 Å². The molecule has 3 nitrogen and oxygen atoms in total. The lowest BCUT2D eigenvalue weighted by atomic mass is 10.2. The van der Waals surface area contributed by atoms with E-state index in [-0.39, 0.29) is 5.91 Å². The van der Waals surface area contributed by atoms with Crippen molar-refractivity contribution in [3.8, 4) is 5.75 Å². The van der Waals surface area contributed by atoms with Gasteiger partial charge in [0.15, 0.2) is 0 Å². The van der Waals surface area contributed by atoms with Crippen LogP contribution in [0.3, 0.4) is 0 Å². The fourth-order valence-corrected chi connectivity index (χ4v) is 2.88. The molecule has 2 aromatic carbocycles. The van der Waals surface area contributed by atoms with Gasteiger partial charge in [-0.15, -0.1) is 0 Å². The van der Waals surface area contributed by atoms with Crippen molar-refractivity contribution in [3.63, 3.8) is 0 Å². The Kier molecular flexibility index (Phi) is 5.59. The maximum absolute atomic E-state index is 12.0. The molecular weight excluding hydrogens is 398 g/mol. The standard InChI is InChI=1S/C16H13Br2NO2/c1-21-15-5-3-2-4-11(15)6-9-16(20)19-14-8-7-12(17)10-13(14)18/h2-10H,1H3,(H,19,20). The highest BCUT2D eigenvalue weighted by Gasteiger charge is 2.04. The first-order chi connectivity index (χ1) is 10.1. The molecule has 0 spiro atoms. The minimum absolute atomic E-state index is 0.205. The van der Waals surface area contributed by atoms with E-state index < -0.39 is 0 Å². The molecule has 0 aliphatic carbocycles. The van der Waals surface area contributed by atoms with Crippen LogP contribution in [0.2, 0.25) is 0 Å². The SMILES string of the molecule is COc1ccccc1C=CC(=O)Nc1ccc(Br)cc1Br. The summed E-state index contributed by atoms with van der Waals surface area (Å²) in [5.74, 6) is 0.523. The Morgan fingerprint density at radius 2 is 1.95 bits per heavy atom. The summed E-state index contributed by atoms with van der Waals surface area (Å²) in [6.45, 7) is 0. The summed E-state index contributed by atoms with van der Waals surface area (Å²) >= 11 is 6.77. The van der Waals surface area contributed by atoms with E-state index in [1.807, 2.05) is 42.5 Å². The van der Waals surface area contributed by atoms with Crippen molar-refractivity contribution in [1.82, 2.24) is 0 Å². The Bertz CT molecular complexity index is 684. The van der Waals surface area contributed by atoms with Crippen LogP contribution in [0.25, 0.3) is 6.08 Å². The third-order valence-corrected chi connectivity index (χ3v) is 3.89. The molecule has 0 saturated heterocycles. The lowest BCUT2D eigenvalue weighted by Crippen LogP contribution is -2.08. The van der Waals surface area contributed by atoms with Crippen LogP contribution in [0.4, 0.5) is 5.69 Å². The maximum Gasteiger partial charge on any atom is 0.248 e. The van der Waals surface area contributed by atoms with Crippen LogP contribution in [0, 0.1) is 0 Å². The second kappa shape index (κ2) is 7.43. The molecule has 0 unspecified atom stereocenters. The molecule has 0 saturated carbocycles. The van der Waals surface area contributed by atoms with Gasteiger partial charge in [0.1, 0.15) is 5.75 Å². The number of hydrogen-bond acceptors (Lipinski definition) is 2. The van der Waals surface area contributed by atoms with Crippen molar-refractivity contribution in [2.24, 2.45) is 0 Å². The zero-order valence-corrected chi connectivity index (χ0v) is 14.4. The van der Waals surface area contributed by atoms with Crippen LogP contribution in [0.5, 0.6) is 5.75 Å². The number of carbonyl (C=O) groups is 1. The number of ether oxygens (including phenoxy) is 1. The molecular formula is C16H13Br2NO2. The number of methoxy groups -OCH3 is 1. The fraction of sp³-hybridized carbons (Fsp3) is 0.0625. The highest BCUT2D eigenvalue weighted by atomic mass is 79.9. The molecule has 0 aromatic heterocycles. The normalized spacial score (nSPS) is 10.6. The molecule has 2 rings (SSSR count). The van der Waals surface area contributed by atoms with Gasteiger partial charge in [0.05, 0.1) is 12.8 Å². The molecule has 0 radical (unpaired) electrons. The molecule has 0 aliphatic heterocycles. The second-order valence-corrected chi connectivity index (χ2v) is 5.96. The monoisotopic (exact) mass is 409 g/mol. The topological polar surface area (TPSA) is 38.3 Å². The Morgan fingerprint density at radius 1 is 1.19 bits per heavy atom. The summed E-state index contributed by atoms with van der Waals surface area (Å²) in [5.41, 5.74) is 1.57. The summed E-state index contributed by atoms with van der Waals surface area (Å²) in [5, 5.41) is 2.81. The third kappa shape index (κ3) is 4.44. The lowest BCUT2D eigenvalue weighted by Gasteiger charge is -2.06. The van der Waals surface area contributed by atoms with Gasteiger partial charge in [-0.05, 0) is 46.3 Å². The first-order valence-electron chi connectivity index (χ1n) is 6.17. The molecule has 2 aromatic rings. The molecule has 0 aliphatic rings. The molecule has 0 atom stereocenters. The van der Waals surface area contributed by atoms with E-state index >= 15 is 0 Å². The predicted molar refractivity (Wildman–Crippen MR) is 92.5 cm³/mol. The summed E-state index contributed by atoms with van der Waals surface area (Å²) in [6.07, 6.45) is 3.20. The first kappa shape index (κ1) is 15.8. The van der Waals surface area contributed by atoms with Gasteiger partial charge >= 0.3 is 0 Å². The molecule has 5 heteroatoms. The summed E-state index contributed by atoms with van der Waals surface area (Å²) in [7, 11) is 1.60. The molecule has 0 fully saturated rings. The number of rotatable bonds is 4. The van der Waals surface area contributed by atoms with Crippen molar-refractivity contribution in [2.75, 3.05) is 12.4 Å². The first-order valence-corrected chi connectivity index (χ1v) is 7.76. The quantitative estimate of drug-likeness (QED) is 0.730. The van der Waals surface area contributed by atoms with Crippen molar-refractivity contribution < 1.29 is 9.53 Å². The van der Waals surface area contributed by atoms with E-state index in [1.165, 1.54) is 6.08 Å². The average Bonchev–Trinajstić information content (AvgIpc) is 2.48. The summed E-state index contributed by atoms with van der Waals surface area (Å²) in [4.78, 5) is 12.0. The summed E-state index contributed by atoms with van der Waals surface area (Å²) < 4.78 is 6.99. The van der Waals surface area contributed by atoms with Crippen LogP contribution in [-0.4, -0.2) is 13.0 Å². The minimum Gasteiger partial charge on any atom is -0.496 e. The lowest BCUT2D eigenvalue weighted by molar-refractivity contribution is -0.111. The van der Waals surface area contributed by atoms with Gasteiger partial charge in [-0.1, -0.05) is 34.1 Å². The molecule has 1 N–H and O–H groups in total. The molecule has 0 bridgehead atoms. The van der Waals surface area contributed by atoms with E-state index in [9.17, 15) is 4.79 Å². The van der Waals surface area contributed by atoms with Gasteiger partial charge in [-0.3, -0.25) is 4.79 Å². The van der Waals surface area contributed by atoms with Crippen molar-refractivity contribution in [3.05, 3.63) is 63.0 Å². The van der Waals surface area contributed by atoms with E-state index in [4.69, 9.17) is 4.74 Å². The third-order valence-electron chi connectivity index (χ3n) is 2.74. The zero-order chi connectivity index (χ0) is 15.2. The highest BCUT2D eigenvalue weighted by Crippen LogP contribution is 2.26. The largest absolute Gasteiger partial charge is 0.496 e. The number of para-hydroxylation sites is 1. The Hall–Kier alpha value is -1.59. The number of amides is 1. The van der Waals surface area contributed by atoms with Gasteiger partial charge in [0, 0.05) is 20.6 Å². The van der Waals surface area contributed by atoms with Gasteiger partial charge in [-0.25, -0.2) is 0 Å². The number of anilines is 1. The van der Waals surface area contributed by atoms with Crippen LogP contribution in [0.1, 0.15) is 5.56 Å². The smallest absolute Gasteiger partial charge is 0.248 e. The van der Waals surface area contributed by atoms with Gasteiger partial charge in [0.2, 0.25) is 5.91 Å². The van der Waals surface area contributed by atoms with Crippen LogP contribution in [0.15, 0.2) is 57.5 Å². The number of hydrogen-bond donors (Lipinski definition) is 1. The minimum atomic E-state index is -0.205. The number of benzene rings is 2. The van der Waals surface area contributed by atoms with Crippen molar-refractivity contribution >= 4 is 49.5 Å². The average molecular weight is 411 g/mol. The molecule has 108 valence electrons. The molecule has 1 amide bonds. The van der Waals surface area contributed by atoms with Crippen LogP contribution in [-0.2, 0) is 4.79 Å². The van der Waals surface area contributed by atoms with Gasteiger partial charge in [-0.2, -0.15) is 0 Å². The Balaban J connectivity index is 2.09. The van der Waals surface area contributed by atoms with Crippen LogP contribution < -0.4 is 10.1 Å². The maximum atomic E-state index is 12.0. The fourth-order valence-electron chi connectivity index (χ4n) is 1.73. The van der Waals surface area contributed by atoms with E-state index in [2.05, 4.69) is 37.2 Å². The van der Waals surface area contributed by atoms with Gasteiger partial charge in [0.25, 0.3) is 0 Å².